The highest BCUT2D eigenvalue weighted by Crippen LogP contribution is 2.62. The van der Waals surface area contributed by atoms with Crippen LogP contribution >= 0.6 is 0 Å². The van der Waals surface area contributed by atoms with Crippen molar-refractivity contribution >= 4 is 0 Å². The molecule has 9 atom stereocenters. The molecular formula is C28H45NO3. The molecule has 0 bridgehead atoms. The van der Waals surface area contributed by atoms with E-state index in [4.69, 9.17) is 9.57 Å². The Morgan fingerprint density at radius 2 is 2.00 bits per heavy atom. The SMILES string of the molecule is CON1C[C@@H](C)C[C@H]2OC/C(C)=C3/C[C@H]4C(CC=C5C[C@@H](O)CC[C@@]54C)[C@@H]3CC[C@H](C)C21. The van der Waals surface area contributed by atoms with Gasteiger partial charge in [0.25, 0.3) is 0 Å². The Bertz CT molecular complexity index is 775. The highest BCUT2D eigenvalue weighted by atomic mass is 16.7. The number of nitrogens with zero attached hydrogens (tertiary/aromatic N) is 1. The number of hydroxylamine groups is 2. The molecule has 3 fully saturated rings. The van der Waals surface area contributed by atoms with E-state index in [1.165, 1.54) is 31.3 Å². The molecule has 0 aromatic heterocycles. The molecule has 2 saturated carbocycles. The number of piperidine rings is 1. The van der Waals surface area contributed by atoms with Crippen molar-refractivity contribution in [2.24, 2.45) is 35.0 Å². The summed E-state index contributed by atoms with van der Waals surface area (Å²) in [5.41, 5.74) is 5.06. The Balaban J connectivity index is 1.43. The van der Waals surface area contributed by atoms with E-state index in [9.17, 15) is 5.11 Å². The van der Waals surface area contributed by atoms with Crippen molar-refractivity contribution in [1.29, 1.82) is 0 Å². The Kier molecular flexibility index (Phi) is 6.37. The van der Waals surface area contributed by atoms with Crippen molar-refractivity contribution in [2.45, 2.75) is 97.3 Å². The first-order valence-corrected chi connectivity index (χ1v) is 13.3. The average molecular weight is 444 g/mol. The summed E-state index contributed by atoms with van der Waals surface area (Å²) in [7, 11) is 1.83. The van der Waals surface area contributed by atoms with Crippen LogP contribution in [0.3, 0.4) is 0 Å². The maximum atomic E-state index is 10.3. The second kappa shape index (κ2) is 8.83. The fraction of sp³-hybridized carbons (Fsp3) is 0.857. The third-order valence-corrected chi connectivity index (χ3v) is 10.2. The summed E-state index contributed by atoms with van der Waals surface area (Å²) >= 11 is 0. The van der Waals surface area contributed by atoms with Gasteiger partial charge >= 0.3 is 0 Å². The third-order valence-electron chi connectivity index (χ3n) is 10.2. The van der Waals surface area contributed by atoms with E-state index in [-0.39, 0.29) is 17.6 Å². The van der Waals surface area contributed by atoms with Crippen LogP contribution in [0.25, 0.3) is 0 Å². The van der Waals surface area contributed by atoms with E-state index in [0.29, 0.717) is 23.8 Å². The van der Waals surface area contributed by atoms with Crippen molar-refractivity contribution in [1.82, 2.24) is 5.06 Å². The molecule has 1 N–H and O–H groups in total. The van der Waals surface area contributed by atoms with Crippen molar-refractivity contribution in [3.05, 3.63) is 22.8 Å². The van der Waals surface area contributed by atoms with Crippen LogP contribution in [0.4, 0.5) is 0 Å². The molecule has 2 heterocycles. The predicted octanol–water partition coefficient (Wildman–Crippen LogP) is 5.52. The predicted molar refractivity (Wildman–Crippen MR) is 128 cm³/mol. The lowest BCUT2D eigenvalue weighted by Gasteiger charge is -2.49. The number of fused-ring (bicyclic) bond motifs is 6. The van der Waals surface area contributed by atoms with Crippen molar-refractivity contribution in [2.75, 3.05) is 20.3 Å². The van der Waals surface area contributed by atoms with Gasteiger partial charge in [-0.15, -0.1) is 0 Å². The highest BCUT2D eigenvalue weighted by Gasteiger charge is 2.53. The smallest absolute Gasteiger partial charge is 0.0763 e. The number of hydrogen-bond donors (Lipinski definition) is 1. The molecule has 2 aliphatic heterocycles. The second-order valence-corrected chi connectivity index (χ2v) is 12.2. The second-order valence-electron chi connectivity index (χ2n) is 12.2. The third kappa shape index (κ3) is 3.83. The number of rotatable bonds is 1. The highest BCUT2D eigenvalue weighted by molar-refractivity contribution is 5.32. The summed E-state index contributed by atoms with van der Waals surface area (Å²) in [5.74, 6) is 3.37. The molecular weight excluding hydrogens is 398 g/mol. The van der Waals surface area contributed by atoms with Crippen LogP contribution in [-0.2, 0) is 9.57 Å². The lowest BCUT2D eigenvalue weighted by molar-refractivity contribution is -0.229. The lowest BCUT2D eigenvalue weighted by Crippen LogP contribution is -2.54. The Hall–Kier alpha value is -0.680. The Labute approximate surface area is 195 Å². The van der Waals surface area contributed by atoms with Gasteiger partial charge in [-0.2, -0.15) is 5.06 Å². The zero-order chi connectivity index (χ0) is 22.6. The minimum absolute atomic E-state index is 0.127. The van der Waals surface area contributed by atoms with E-state index in [2.05, 4.69) is 38.8 Å². The Morgan fingerprint density at radius 1 is 1.19 bits per heavy atom. The van der Waals surface area contributed by atoms with Gasteiger partial charge in [0.1, 0.15) is 0 Å². The normalized spacial score (nSPS) is 50.0. The van der Waals surface area contributed by atoms with E-state index >= 15 is 0 Å². The molecule has 4 nitrogen and oxygen atoms in total. The standard InChI is InChI=1S/C28H45NO3/c1-17-12-26-27(29(15-17)31-5)18(2)6-8-22-23-9-7-20-13-21(30)10-11-28(20,4)25(23)14-24(22)19(3)16-32-26/h7,17-18,21-23,25-27,30H,6,8-16H2,1-5H3/b24-19-/t17-,18-,21-,22-,23?,25-,26+,27?,28-/m0/s1. The minimum Gasteiger partial charge on any atom is -0.393 e. The topological polar surface area (TPSA) is 41.9 Å². The van der Waals surface area contributed by atoms with Gasteiger partial charge in [0.05, 0.1) is 32.0 Å². The van der Waals surface area contributed by atoms with E-state index in [1.54, 1.807) is 11.1 Å². The maximum Gasteiger partial charge on any atom is 0.0763 e. The van der Waals surface area contributed by atoms with Crippen LogP contribution < -0.4 is 0 Å². The van der Waals surface area contributed by atoms with Gasteiger partial charge in [-0.1, -0.05) is 38.0 Å². The molecule has 2 unspecified atom stereocenters. The number of ether oxygens (including phenoxy) is 1. The maximum absolute atomic E-state index is 10.3. The quantitative estimate of drug-likeness (QED) is 0.542. The molecule has 0 spiro atoms. The van der Waals surface area contributed by atoms with Crippen LogP contribution in [0, 0.1) is 35.0 Å². The van der Waals surface area contributed by atoms with Crippen LogP contribution in [0.1, 0.15) is 79.1 Å². The number of aliphatic hydroxyl groups is 1. The van der Waals surface area contributed by atoms with E-state index < -0.39 is 0 Å². The molecule has 0 aromatic rings. The largest absolute Gasteiger partial charge is 0.393 e. The van der Waals surface area contributed by atoms with Gasteiger partial charge in [0, 0.05) is 6.54 Å². The summed E-state index contributed by atoms with van der Waals surface area (Å²) in [6, 6.07) is 0.359. The Morgan fingerprint density at radius 3 is 2.78 bits per heavy atom. The molecule has 0 radical (unpaired) electrons. The van der Waals surface area contributed by atoms with Crippen LogP contribution in [0.15, 0.2) is 22.8 Å². The minimum atomic E-state index is -0.127. The molecule has 5 aliphatic rings. The molecule has 32 heavy (non-hydrogen) atoms. The molecule has 4 heteroatoms. The van der Waals surface area contributed by atoms with Crippen LogP contribution in [0.5, 0.6) is 0 Å². The van der Waals surface area contributed by atoms with Crippen molar-refractivity contribution in [3.8, 4) is 0 Å². The van der Waals surface area contributed by atoms with Crippen LogP contribution in [-0.4, -0.2) is 48.7 Å². The van der Waals surface area contributed by atoms with Gasteiger partial charge in [0.2, 0.25) is 0 Å². The van der Waals surface area contributed by atoms with Crippen molar-refractivity contribution < 1.29 is 14.7 Å². The van der Waals surface area contributed by atoms with Gasteiger partial charge < -0.3 is 14.7 Å². The summed E-state index contributed by atoms with van der Waals surface area (Å²) in [4.78, 5) is 5.86. The van der Waals surface area contributed by atoms with Gasteiger partial charge in [0.15, 0.2) is 0 Å². The van der Waals surface area contributed by atoms with Gasteiger partial charge in [-0.3, -0.25) is 0 Å². The fourth-order valence-corrected chi connectivity index (χ4v) is 8.39. The van der Waals surface area contributed by atoms with E-state index in [1.807, 2.05) is 7.11 Å². The zero-order valence-electron chi connectivity index (χ0n) is 21.0. The average Bonchev–Trinajstić information content (AvgIpc) is 3.15. The molecule has 3 aliphatic carbocycles. The molecule has 1 saturated heterocycles. The summed E-state index contributed by atoms with van der Waals surface area (Å²) < 4.78 is 6.69. The number of aliphatic hydroxyl groups excluding tert-OH is 1. The molecule has 0 aromatic carbocycles. The molecule has 180 valence electrons. The van der Waals surface area contributed by atoms with Crippen LogP contribution in [0.2, 0.25) is 0 Å². The lowest BCUT2D eigenvalue weighted by atomic mass is 9.56. The molecule has 5 rings (SSSR count). The first-order valence-electron chi connectivity index (χ1n) is 13.3. The number of allylic oxidation sites excluding steroid dienone is 2. The van der Waals surface area contributed by atoms with Crippen molar-refractivity contribution in [3.63, 3.8) is 0 Å². The van der Waals surface area contributed by atoms with Gasteiger partial charge in [-0.05, 0) is 98.9 Å². The molecule has 0 amide bonds. The monoisotopic (exact) mass is 443 g/mol. The summed E-state index contributed by atoms with van der Waals surface area (Å²) in [5, 5.41) is 12.5. The first-order chi connectivity index (χ1) is 15.3. The number of hydrogen-bond acceptors (Lipinski definition) is 4. The first kappa shape index (κ1) is 23.1. The fourth-order valence-electron chi connectivity index (χ4n) is 8.39. The summed E-state index contributed by atoms with van der Waals surface area (Å²) in [6.07, 6.45) is 11.8. The summed E-state index contributed by atoms with van der Waals surface area (Å²) in [6.45, 7) is 11.4. The van der Waals surface area contributed by atoms with E-state index in [0.717, 1.165) is 50.7 Å². The zero-order valence-corrected chi connectivity index (χ0v) is 21.0. The van der Waals surface area contributed by atoms with Gasteiger partial charge in [-0.25, -0.2) is 0 Å².